The Bertz CT molecular complexity index is 582. The number of hydrogen-bond acceptors (Lipinski definition) is 2. The van der Waals surface area contributed by atoms with Gasteiger partial charge in [-0.25, -0.2) is 4.79 Å². The van der Waals surface area contributed by atoms with Gasteiger partial charge in [0.25, 0.3) is 0 Å². The fraction of sp³-hybridized carbons (Fsp3) is 0.579. The van der Waals surface area contributed by atoms with Gasteiger partial charge in [0.1, 0.15) is 0 Å². The van der Waals surface area contributed by atoms with E-state index < -0.39 is 0 Å². The second kappa shape index (κ2) is 7.24. The Balaban J connectivity index is 1.56. The van der Waals surface area contributed by atoms with Crippen molar-refractivity contribution in [2.75, 3.05) is 26.7 Å². The lowest BCUT2D eigenvalue weighted by Gasteiger charge is -2.28. The van der Waals surface area contributed by atoms with Gasteiger partial charge in [-0.15, -0.1) is 0 Å². The lowest BCUT2D eigenvalue weighted by molar-refractivity contribution is -0.127. The molecule has 1 saturated carbocycles. The van der Waals surface area contributed by atoms with Crippen LogP contribution in [0.4, 0.5) is 4.79 Å². The average Bonchev–Trinajstić information content (AvgIpc) is 3.23. The fourth-order valence-corrected chi connectivity index (χ4v) is 4.31. The summed E-state index contributed by atoms with van der Waals surface area (Å²) in [6, 6.07) is 10.1. The van der Waals surface area contributed by atoms with Crippen molar-refractivity contribution in [3.63, 3.8) is 0 Å². The first-order chi connectivity index (χ1) is 11.6. The maximum atomic E-state index is 12.5. The number of carbonyl (C=O) groups excluding carboxylic acids is 2. The number of urea groups is 1. The Morgan fingerprint density at radius 1 is 1.21 bits per heavy atom. The molecule has 1 aliphatic carbocycles. The summed E-state index contributed by atoms with van der Waals surface area (Å²) in [5, 5.41) is 5.80. The summed E-state index contributed by atoms with van der Waals surface area (Å²) in [5.74, 6) is 0.0151. The number of hydrogen-bond donors (Lipinski definition) is 2. The van der Waals surface area contributed by atoms with Crippen LogP contribution in [0.5, 0.6) is 0 Å². The monoisotopic (exact) mass is 329 g/mol. The van der Waals surface area contributed by atoms with Crippen LogP contribution in [0.1, 0.15) is 31.2 Å². The van der Waals surface area contributed by atoms with Gasteiger partial charge in [0.2, 0.25) is 5.91 Å². The van der Waals surface area contributed by atoms with Crippen LogP contribution in [0, 0.1) is 11.3 Å². The molecule has 0 aromatic heterocycles. The van der Waals surface area contributed by atoms with Crippen LogP contribution in [-0.2, 0) is 11.2 Å². The third-order valence-electron chi connectivity index (χ3n) is 5.63. The highest BCUT2D eigenvalue weighted by Crippen LogP contribution is 2.49. The number of nitrogens with one attached hydrogen (secondary N) is 2. The highest BCUT2D eigenvalue weighted by Gasteiger charge is 2.52. The third kappa shape index (κ3) is 3.40. The van der Waals surface area contributed by atoms with E-state index in [0.717, 1.165) is 32.1 Å². The van der Waals surface area contributed by atoms with Gasteiger partial charge >= 0.3 is 6.03 Å². The fourth-order valence-electron chi connectivity index (χ4n) is 4.31. The summed E-state index contributed by atoms with van der Waals surface area (Å²) in [6.45, 7) is 1.87. The molecule has 0 radical (unpaired) electrons. The standard InChI is InChI=1S/C19H27N3O2/c1-20-17(23)16-13-22(14-19(16)10-5-6-11-19)18(24)21-12-9-15-7-3-2-4-8-15/h2-4,7-8,16H,5-6,9-14H2,1H3,(H,20,23)(H,21,24). The summed E-state index contributed by atoms with van der Waals surface area (Å²) in [5.41, 5.74) is 1.21. The maximum absolute atomic E-state index is 12.5. The minimum Gasteiger partial charge on any atom is -0.359 e. The van der Waals surface area contributed by atoms with Crippen molar-refractivity contribution in [3.8, 4) is 0 Å². The normalized spacial score (nSPS) is 21.9. The maximum Gasteiger partial charge on any atom is 0.317 e. The highest BCUT2D eigenvalue weighted by molar-refractivity contribution is 5.82. The molecule has 5 nitrogen and oxygen atoms in total. The number of nitrogens with zero attached hydrogens (tertiary/aromatic N) is 1. The predicted octanol–water partition coefficient (Wildman–Crippen LogP) is 2.18. The second-order valence-corrected chi connectivity index (χ2v) is 7.08. The number of rotatable bonds is 4. The quantitative estimate of drug-likeness (QED) is 0.889. The first-order valence-corrected chi connectivity index (χ1v) is 8.93. The summed E-state index contributed by atoms with van der Waals surface area (Å²) in [6.07, 6.45) is 5.26. The average molecular weight is 329 g/mol. The van der Waals surface area contributed by atoms with Crippen molar-refractivity contribution in [1.29, 1.82) is 0 Å². The van der Waals surface area contributed by atoms with Crippen LogP contribution in [0.3, 0.4) is 0 Å². The van der Waals surface area contributed by atoms with Crippen molar-refractivity contribution in [1.82, 2.24) is 15.5 Å². The topological polar surface area (TPSA) is 61.4 Å². The number of carbonyl (C=O) groups is 2. The van der Waals surface area contributed by atoms with E-state index in [9.17, 15) is 9.59 Å². The molecule has 2 aliphatic rings. The lowest BCUT2D eigenvalue weighted by atomic mass is 9.76. The van der Waals surface area contributed by atoms with Gasteiger partial charge in [-0.2, -0.15) is 0 Å². The van der Waals surface area contributed by atoms with Crippen LogP contribution in [0.2, 0.25) is 0 Å². The molecule has 1 aliphatic heterocycles. The molecular formula is C19H27N3O2. The van der Waals surface area contributed by atoms with Crippen LogP contribution >= 0.6 is 0 Å². The molecule has 3 amide bonds. The zero-order valence-corrected chi connectivity index (χ0v) is 14.4. The Kier molecular flexibility index (Phi) is 5.07. The zero-order chi connectivity index (χ0) is 17.0. The van der Waals surface area contributed by atoms with Gasteiger partial charge in [0.15, 0.2) is 0 Å². The van der Waals surface area contributed by atoms with Gasteiger partial charge in [0.05, 0.1) is 5.92 Å². The Labute approximate surface area is 143 Å². The Morgan fingerprint density at radius 3 is 2.58 bits per heavy atom. The lowest BCUT2D eigenvalue weighted by Crippen LogP contribution is -2.40. The van der Waals surface area contributed by atoms with Crippen molar-refractivity contribution < 1.29 is 9.59 Å². The molecule has 24 heavy (non-hydrogen) atoms. The second-order valence-electron chi connectivity index (χ2n) is 7.08. The molecule has 2 N–H and O–H groups in total. The first-order valence-electron chi connectivity index (χ1n) is 8.93. The van der Waals surface area contributed by atoms with Gasteiger partial charge < -0.3 is 15.5 Å². The van der Waals surface area contributed by atoms with Gasteiger partial charge in [-0.3, -0.25) is 4.79 Å². The zero-order valence-electron chi connectivity index (χ0n) is 14.4. The summed E-state index contributed by atoms with van der Waals surface area (Å²) >= 11 is 0. The largest absolute Gasteiger partial charge is 0.359 e. The van der Waals surface area contributed by atoms with Gasteiger partial charge in [-0.05, 0) is 24.8 Å². The Hall–Kier alpha value is -2.04. The van der Waals surface area contributed by atoms with E-state index in [4.69, 9.17) is 0 Å². The number of amides is 3. The molecular weight excluding hydrogens is 302 g/mol. The highest BCUT2D eigenvalue weighted by atomic mass is 16.2. The molecule has 1 unspecified atom stereocenters. The van der Waals surface area contributed by atoms with Crippen molar-refractivity contribution >= 4 is 11.9 Å². The number of likely N-dealkylation sites (tertiary alicyclic amines) is 1. The SMILES string of the molecule is CNC(=O)C1CN(C(=O)NCCc2ccccc2)CC12CCCC2. The van der Waals surface area contributed by atoms with E-state index in [0.29, 0.717) is 19.6 Å². The molecule has 0 bridgehead atoms. The molecule has 1 atom stereocenters. The molecule has 2 fully saturated rings. The molecule has 130 valence electrons. The summed E-state index contributed by atoms with van der Waals surface area (Å²) in [4.78, 5) is 26.6. The van der Waals surface area contributed by atoms with E-state index in [1.165, 1.54) is 5.56 Å². The molecule has 1 heterocycles. The van der Waals surface area contributed by atoms with Crippen molar-refractivity contribution in [2.45, 2.75) is 32.1 Å². The molecule has 3 rings (SSSR count). The molecule has 1 aromatic carbocycles. The van der Waals surface area contributed by atoms with Crippen LogP contribution in [0.15, 0.2) is 30.3 Å². The summed E-state index contributed by atoms with van der Waals surface area (Å²) in [7, 11) is 1.69. The Morgan fingerprint density at radius 2 is 1.92 bits per heavy atom. The third-order valence-corrected chi connectivity index (χ3v) is 5.63. The van der Waals surface area contributed by atoms with Gasteiger partial charge in [-0.1, -0.05) is 43.2 Å². The van der Waals surface area contributed by atoms with E-state index in [1.54, 1.807) is 7.05 Å². The molecule has 1 spiro atoms. The van der Waals surface area contributed by atoms with E-state index >= 15 is 0 Å². The van der Waals surface area contributed by atoms with E-state index in [2.05, 4.69) is 22.8 Å². The first kappa shape index (κ1) is 16.8. The molecule has 1 saturated heterocycles. The minimum atomic E-state index is -0.0649. The number of benzene rings is 1. The van der Waals surface area contributed by atoms with E-state index in [-0.39, 0.29) is 23.3 Å². The molecule has 5 heteroatoms. The van der Waals surface area contributed by atoms with Crippen LogP contribution in [0.25, 0.3) is 0 Å². The smallest absolute Gasteiger partial charge is 0.317 e. The van der Waals surface area contributed by atoms with E-state index in [1.807, 2.05) is 23.1 Å². The summed E-state index contributed by atoms with van der Waals surface area (Å²) < 4.78 is 0. The van der Waals surface area contributed by atoms with Crippen LogP contribution in [-0.4, -0.2) is 43.5 Å². The van der Waals surface area contributed by atoms with Crippen molar-refractivity contribution in [2.24, 2.45) is 11.3 Å². The minimum absolute atomic E-state index is 0.00311. The predicted molar refractivity (Wildman–Crippen MR) is 93.6 cm³/mol. The van der Waals surface area contributed by atoms with Crippen LogP contribution < -0.4 is 10.6 Å². The van der Waals surface area contributed by atoms with Crippen molar-refractivity contribution in [3.05, 3.63) is 35.9 Å². The molecule has 1 aromatic rings. The van der Waals surface area contributed by atoms with Gasteiger partial charge in [0, 0.05) is 32.1 Å².